The minimum absolute atomic E-state index is 0.797. The number of nitrogens with zero attached hydrogens (tertiary/aromatic N) is 6. The van der Waals surface area contributed by atoms with Crippen molar-refractivity contribution >= 4 is 44.8 Å². The fourth-order valence-electron chi connectivity index (χ4n) is 3.54. The number of azo groups is 1. The van der Waals surface area contributed by atoms with Gasteiger partial charge in [-0.1, -0.05) is 42.5 Å². The smallest absolute Gasteiger partial charge is 0.211 e. The second-order valence-corrected chi connectivity index (χ2v) is 8.65. The number of fused-ring (bicyclic) bond motifs is 1. The van der Waals surface area contributed by atoms with E-state index in [1.54, 1.807) is 17.6 Å². The van der Waals surface area contributed by atoms with Crippen molar-refractivity contribution in [2.24, 2.45) is 27.5 Å². The Hall–Kier alpha value is -3.58. The van der Waals surface area contributed by atoms with Crippen molar-refractivity contribution in [2.45, 2.75) is 20.3 Å². The summed E-state index contributed by atoms with van der Waals surface area (Å²) < 4.78 is 3.25. The highest BCUT2D eigenvalue weighted by molar-refractivity contribution is 7.16. The predicted molar refractivity (Wildman–Crippen MR) is 139 cm³/mol. The maximum absolute atomic E-state index is 4.38. The van der Waals surface area contributed by atoms with Gasteiger partial charge in [0.05, 0.1) is 27.8 Å². The molecule has 0 radical (unpaired) electrons. The third-order valence-corrected chi connectivity index (χ3v) is 6.43. The zero-order valence-electron chi connectivity index (χ0n) is 19.2. The van der Waals surface area contributed by atoms with Crippen LogP contribution in [0.15, 0.2) is 93.2 Å². The molecule has 6 nitrogen and oxygen atoms in total. The van der Waals surface area contributed by atoms with Gasteiger partial charge < -0.3 is 9.47 Å². The van der Waals surface area contributed by atoms with Crippen molar-refractivity contribution in [1.82, 2.24) is 4.57 Å². The van der Waals surface area contributed by atoms with E-state index < -0.39 is 0 Å². The van der Waals surface area contributed by atoms with Crippen LogP contribution < -0.4 is 9.70 Å². The number of thiazole rings is 1. The molecule has 168 valence electrons. The molecular formula is C26H28N6S. The zero-order valence-corrected chi connectivity index (χ0v) is 20.0. The van der Waals surface area contributed by atoms with Crippen molar-refractivity contribution in [1.29, 1.82) is 0 Å². The summed E-state index contributed by atoms with van der Waals surface area (Å²) in [6.07, 6.45) is 2.88. The maximum atomic E-state index is 4.38. The third-order valence-electron chi connectivity index (χ3n) is 5.33. The molecule has 1 heterocycles. The molecule has 0 saturated heterocycles. The first-order valence-electron chi connectivity index (χ1n) is 11.2. The predicted octanol–water partition coefficient (Wildman–Crippen LogP) is 6.83. The minimum atomic E-state index is 0.797. The van der Waals surface area contributed by atoms with Crippen molar-refractivity contribution in [3.63, 3.8) is 0 Å². The van der Waals surface area contributed by atoms with Gasteiger partial charge in [0.1, 0.15) is 0 Å². The summed E-state index contributed by atoms with van der Waals surface area (Å²) in [6.45, 7) is 6.43. The average Bonchev–Trinajstić information content (AvgIpc) is 3.18. The van der Waals surface area contributed by atoms with Crippen molar-refractivity contribution in [3.8, 4) is 0 Å². The van der Waals surface area contributed by atoms with E-state index in [2.05, 4.69) is 68.0 Å². The quantitative estimate of drug-likeness (QED) is 0.163. The third kappa shape index (κ3) is 5.62. The molecule has 0 aliphatic heterocycles. The Labute approximate surface area is 198 Å². The number of anilines is 1. The van der Waals surface area contributed by atoms with Gasteiger partial charge in [-0.25, -0.2) is 0 Å². The number of aromatic nitrogens is 1. The monoisotopic (exact) mass is 456 g/mol. The lowest BCUT2D eigenvalue weighted by Gasteiger charge is -2.22. The van der Waals surface area contributed by atoms with Crippen LogP contribution in [-0.4, -0.2) is 23.9 Å². The van der Waals surface area contributed by atoms with E-state index in [-0.39, 0.29) is 0 Å². The molecule has 0 bridgehead atoms. The van der Waals surface area contributed by atoms with Crippen LogP contribution in [0.5, 0.6) is 0 Å². The highest BCUT2D eigenvalue weighted by atomic mass is 32.1. The van der Waals surface area contributed by atoms with E-state index in [1.165, 1.54) is 10.4 Å². The van der Waals surface area contributed by atoms with Crippen molar-refractivity contribution in [3.05, 3.63) is 83.2 Å². The topological polar surface area (TPSA) is 57.6 Å². The van der Waals surface area contributed by atoms with Gasteiger partial charge in [-0.15, -0.1) is 5.10 Å². The first-order chi connectivity index (χ1) is 16.2. The van der Waals surface area contributed by atoms with Crippen LogP contribution in [0.2, 0.25) is 0 Å². The molecule has 0 saturated carbocycles. The molecule has 33 heavy (non-hydrogen) atoms. The maximum Gasteiger partial charge on any atom is 0.211 e. The van der Waals surface area contributed by atoms with Crippen LogP contribution in [0.3, 0.4) is 0 Å². The number of hydrogen-bond donors (Lipinski definition) is 0. The SMILES string of the molecule is CCCN(CC)c1ccc(N=Nc2ccc(/C=N/N=c3\sc4ccccc4n3C)cc2)cc1. The van der Waals surface area contributed by atoms with Gasteiger partial charge in [0.2, 0.25) is 4.80 Å². The summed E-state index contributed by atoms with van der Waals surface area (Å²) in [4.78, 5) is 3.22. The molecule has 0 N–H and O–H groups in total. The van der Waals surface area contributed by atoms with Crippen LogP contribution in [0.4, 0.5) is 17.1 Å². The van der Waals surface area contributed by atoms with E-state index in [1.807, 2.05) is 55.6 Å². The summed E-state index contributed by atoms with van der Waals surface area (Å²) in [5, 5.41) is 17.4. The van der Waals surface area contributed by atoms with Crippen molar-refractivity contribution in [2.75, 3.05) is 18.0 Å². The van der Waals surface area contributed by atoms with Crippen LogP contribution >= 0.6 is 11.3 Å². The molecule has 7 heteroatoms. The molecule has 3 aromatic carbocycles. The first kappa shape index (κ1) is 22.6. The Kier molecular flexibility index (Phi) is 7.42. The summed E-state index contributed by atoms with van der Waals surface area (Å²) in [7, 11) is 2.01. The highest BCUT2D eigenvalue weighted by Crippen LogP contribution is 2.22. The lowest BCUT2D eigenvalue weighted by Crippen LogP contribution is -2.23. The van der Waals surface area contributed by atoms with Crippen molar-refractivity contribution < 1.29 is 0 Å². The van der Waals surface area contributed by atoms with Gasteiger partial charge >= 0.3 is 0 Å². The Morgan fingerprint density at radius 2 is 1.55 bits per heavy atom. The van der Waals surface area contributed by atoms with Gasteiger partial charge in [-0.3, -0.25) is 0 Å². The standard InChI is InChI=1S/C26H28N6S/c1-4-18-32(5-2)23-16-14-22(15-17-23)29-28-21-12-10-20(11-13-21)19-27-30-26-31(3)24-8-6-7-9-25(24)33-26/h6-17,19H,4-5,18H2,1-3H3/b27-19+,29-28?,30-26-. The second kappa shape index (κ2) is 10.8. The van der Waals surface area contributed by atoms with E-state index in [0.717, 1.165) is 46.8 Å². The van der Waals surface area contributed by atoms with E-state index >= 15 is 0 Å². The van der Waals surface area contributed by atoms with Gasteiger partial charge in [0.25, 0.3) is 0 Å². The fourth-order valence-corrected chi connectivity index (χ4v) is 4.51. The number of hydrogen-bond acceptors (Lipinski definition) is 6. The zero-order chi connectivity index (χ0) is 23.0. The molecule has 0 atom stereocenters. The van der Waals surface area contributed by atoms with Crippen LogP contribution in [0.25, 0.3) is 10.2 Å². The second-order valence-electron chi connectivity index (χ2n) is 7.64. The largest absolute Gasteiger partial charge is 0.372 e. The molecule has 4 rings (SSSR count). The highest BCUT2D eigenvalue weighted by Gasteiger charge is 2.03. The van der Waals surface area contributed by atoms with Gasteiger partial charge in [-0.2, -0.15) is 15.3 Å². The molecule has 0 fully saturated rings. The van der Waals surface area contributed by atoms with E-state index in [4.69, 9.17) is 0 Å². The molecule has 4 aromatic rings. The summed E-state index contributed by atoms with van der Waals surface area (Å²) in [5.41, 5.74) is 4.97. The summed E-state index contributed by atoms with van der Waals surface area (Å²) in [6, 6.07) is 24.3. The fraction of sp³-hybridized carbons (Fsp3) is 0.231. The van der Waals surface area contributed by atoms with Gasteiger partial charge in [0.15, 0.2) is 0 Å². The summed E-state index contributed by atoms with van der Waals surface area (Å²) >= 11 is 1.62. The summed E-state index contributed by atoms with van der Waals surface area (Å²) in [5.74, 6) is 0. The van der Waals surface area contributed by atoms with Gasteiger partial charge in [0, 0.05) is 25.8 Å². The molecule has 1 aromatic heterocycles. The average molecular weight is 457 g/mol. The molecule has 0 spiro atoms. The molecule has 0 amide bonds. The number of para-hydroxylation sites is 1. The Bertz CT molecular complexity index is 1310. The van der Waals surface area contributed by atoms with E-state index in [9.17, 15) is 0 Å². The normalized spacial score (nSPS) is 12.4. The Balaban J connectivity index is 1.41. The first-order valence-corrected chi connectivity index (χ1v) is 12.0. The Morgan fingerprint density at radius 1 is 0.879 bits per heavy atom. The molecule has 0 aliphatic carbocycles. The van der Waals surface area contributed by atoms with Crippen LogP contribution in [-0.2, 0) is 7.05 Å². The lowest BCUT2D eigenvalue weighted by atomic mass is 10.2. The minimum Gasteiger partial charge on any atom is -0.372 e. The molecular weight excluding hydrogens is 428 g/mol. The van der Waals surface area contributed by atoms with Gasteiger partial charge in [-0.05, 0) is 67.4 Å². The van der Waals surface area contributed by atoms with Crippen LogP contribution in [0.1, 0.15) is 25.8 Å². The Morgan fingerprint density at radius 3 is 2.18 bits per heavy atom. The number of aryl methyl sites for hydroxylation is 1. The number of rotatable bonds is 8. The lowest BCUT2D eigenvalue weighted by molar-refractivity contribution is 0.792. The molecule has 0 unspecified atom stereocenters. The van der Waals surface area contributed by atoms with E-state index in [0.29, 0.717) is 0 Å². The molecule has 0 aliphatic rings. The van der Waals surface area contributed by atoms with Crippen LogP contribution in [0, 0.1) is 0 Å². The number of benzene rings is 3.